The van der Waals surface area contributed by atoms with Crippen molar-refractivity contribution in [3.8, 4) is 0 Å². The fourth-order valence-corrected chi connectivity index (χ4v) is 3.41. The number of carbonyl (C=O) groups excluding carboxylic acids is 1. The molecular formula is C14H17FN2O. The van der Waals surface area contributed by atoms with Crippen molar-refractivity contribution in [2.24, 2.45) is 17.6 Å². The lowest BCUT2D eigenvalue weighted by atomic mass is 9.95. The van der Waals surface area contributed by atoms with Crippen LogP contribution in [-0.4, -0.2) is 11.9 Å². The molecule has 4 heteroatoms. The molecule has 0 aliphatic heterocycles. The highest BCUT2D eigenvalue weighted by molar-refractivity contribution is 5.93. The zero-order valence-corrected chi connectivity index (χ0v) is 10.2. The van der Waals surface area contributed by atoms with Crippen molar-refractivity contribution >= 4 is 11.6 Å². The van der Waals surface area contributed by atoms with Gasteiger partial charge in [0.15, 0.2) is 0 Å². The number of primary amides is 1. The van der Waals surface area contributed by atoms with Crippen LogP contribution in [0.2, 0.25) is 0 Å². The van der Waals surface area contributed by atoms with E-state index in [1.54, 1.807) is 0 Å². The Kier molecular flexibility index (Phi) is 2.73. The number of hydrogen-bond donors (Lipinski definition) is 2. The topological polar surface area (TPSA) is 55.1 Å². The van der Waals surface area contributed by atoms with E-state index in [9.17, 15) is 9.18 Å². The maximum absolute atomic E-state index is 13.7. The highest BCUT2D eigenvalue weighted by Crippen LogP contribution is 2.45. The summed E-state index contributed by atoms with van der Waals surface area (Å²) < 4.78 is 13.7. The van der Waals surface area contributed by atoms with E-state index in [1.165, 1.54) is 37.5 Å². The Morgan fingerprint density at radius 3 is 2.78 bits per heavy atom. The quantitative estimate of drug-likeness (QED) is 0.863. The average Bonchev–Trinajstić information content (AvgIpc) is 2.93. The summed E-state index contributed by atoms with van der Waals surface area (Å²) in [6.07, 6.45) is 4.92. The van der Waals surface area contributed by atoms with E-state index in [0.717, 1.165) is 12.3 Å². The van der Waals surface area contributed by atoms with Crippen LogP contribution >= 0.6 is 0 Å². The molecule has 18 heavy (non-hydrogen) atoms. The van der Waals surface area contributed by atoms with Crippen LogP contribution in [0.4, 0.5) is 10.1 Å². The fourth-order valence-electron chi connectivity index (χ4n) is 3.41. The molecule has 0 aromatic heterocycles. The number of anilines is 1. The van der Waals surface area contributed by atoms with Gasteiger partial charge in [-0.25, -0.2) is 4.39 Å². The number of fused-ring (bicyclic) bond motifs is 2. The number of nitrogens with two attached hydrogens (primary N) is 1. The third-order valence-electron chi connectivity index (χ3n) is 4.33. The lowest BCUT2D eigenvalue weighted by Gasteiger charge is -2.24. The number of hydrogen-bond acceptors (Lipinski definition) is 2. The van der Waals surface area contributed by atoms with Gasteiger partial charge in [-0.3, -0.25) is 4.79 Å². The standard InChI is InChI=1S/C14H17FN2O/c15-11-4-3-10(14(16)18)7-13(11)17-12-6-8-1-2-9(12)5-8/h3-4,7-9,12,17H,1-2,5-6H2,(H2,16,18). The summed E-state index contributed by atoms with van der Waals surface area (Å²) in [4.78, 5) is 11.1. The van der Waals surface area contributed by atoms with Crippen LogP contribution in [0.25, 0.3) is 0 Å². The number of amides is 1. The van der Waals surface area contributed by atoms with Crippen LogP contribution in [0.15, 0.2) is 18.2 Å². The first-order valence-electron chi connectivity index (χ1n) is 6.49. The maximum Gasteiger partial charge on any atom is 0.248 e. The van der Waals surface area contributed by atoms with Crippen molar-refractivity contribution in [2.45, 2.75) is 31.7 Å². The molecule has 2 aliphatic rings. The van der Waals surface area contributed by atoms with E-state index in [-0.39, 0.29) is 5.82 Å². The summed E-state index contributed by atoms with van der Waals surface area (Å²) in [6, 6.07) is 4.59. The second kappa shape index (κ2) is 4.26. The minimum atomic E-state index is -0.522. The Hall–Kier alpha value is -1.58. The number of carbonyl (C=O) groups is 1. The molecule has 2 aliphatic carbocycles. The van der Waals surface area contributed by atoms with Gasteiger partial charge in [0.25, 0.3) is 0 Å². The summed E-state index contributed by atoms with van der Waals surface area (Å²) in [5, 5.41) is 3.25. The van der Waals surface area contributed by atoms with Gasteiger partial charge in [0.1, 0.15) is 5.82 Å². The van der Waals surface area contributed by atoms with Crippen LogP contribution in [0, 0.1) is 17.7 Å². The van der Waals surface area contributed by atoms with E-state index < -0.39 is 5.91 Å². The molecule has 0 heterocycles. The first-order valence-corrected chi connectivity index (χ1v) is 6.49. The molecule has 1 aromatic rings. The molecule has 3 rings (SSSR count). The van der Waals surface area contributed by atoms with Gasteiger partial charge >= 0.3 is 0 Å². The monoisotopic (exact) mass is 248 g/mol. The van der Waals surface area contributed by atoms with E-state index in [4.69, 9.17) is 5.73 Å². The fraction of sp³-hybridized carbons (Fsp3) is 0.500. The smallest absolute Gasteiger partial charge is 0.248 e. The molecule has 2 fully saturated rings. The van der Waals surface area contributed by atoms with E-state index in [0.29, 0.717) is 23.2 Å². The highest BCUT2D eigenvalue weighted by atomic mass is 19.1. The van der Waals surface area contributed by atoms with Gasteiger partial charge in [-0.1, -0.05) is 6.42 Å². The summed E-state index contributed by atoms with van der Waals surface area (Å²) >= 11 is 0. The molecule has 1 amide bonds. The van der Waals surface area contributed by atoms with Crippen molar-refractivity contribution in [2.75, 3.05) is 5.32 Å². The number of benzene rings is 1. The molecule has 3 nitrogen and oxygen atoms in total. The maximum atomic E-state index is 13.7. The zero-order valence-electron chi connectivity index (χ0n) is 10.2. The largest absolute Gasteiger partial charge is 0.380 e. The molecule has 3 N–H and O–H groups in total. The summed E-state index contributed by atoms with van der Waals surface area (Å²) in [5.74, 6) is 0.621. The minimum absolute atomic E-state index is 0.317. The third-order valence-corrected chi connectivity index (χ3v) is 4.33. The van der Waals surface area contributed by atoms with Crippen LogP contribution in [0.3, 0.4) is 0 Å². The lowest BCUT2D eigenvalue weighted by molar-refractivity contribution is 0.100. The van der Waals surface area contributed by atoms with Gasteiger partial charge in [0, 0.05) is 11.6 Å². The van der Waals surface area contributed by atoms with Crippen molar-refractivity contribution in [3.63, 3.8) is 0 Å². The predicted molar refractivity (Wildman–Crippen MR) is 67.8 cm³/mol. The second-order valence-electron chi connectivity index (χ2n) is 5.48. The van der Waals surface area contributed by atoms with E-state index in [2.05, 4.69) is 5.32 Å². The molecule has 2 bridgehead atoms. The van der Waals surface area contributed by atoms with E-state index in [1.807, 2.05) is 0 Å². The van der Waals surface area contributed by atoms with Gasteiger partial charge < -0.3 is 11.1 Å². The summed E-state index contributed by atoms with van der Waals surface area (Å²) in [6.45, 7) is 0. The zero-order chi connectivity index (χ0) is 12.7. The molecule has 0 radical (unpaired) electrons. The van der Waals surface area contributed by atoms with Gasteiger partial charge in [0.05, 0.1) is 5.69 Å². The first-order chi connectivity index (χ1) is 8.63. The number of rotatable bonds is 3. The van der Waals surface area contributed by atoms with E-state index >= 15 is 0 Å². The minimum Gasteiger partial charge on any atom is -0.380 e. The van der Waals surface area contributed by atoms with Gasteiger partial charge in [-0.2, -0.15) is 0 Å². The molecule has 3 atom stereocenters. The van der Waals surface area contributed by atoms with Crippen LogP contribution < -0.4 is 11.1 Å². The Morgan fingerprint density at radius 1 is 1.33 bits per heavy atom. The normalized spacial score (nSPS) is 29.5. The highest BCUT2D eigenvalue weighted by Gasteiger charge is 2.39. The summed E-state index contributed by atoms with van der Waals surface area (Å²) in [5.41, 5.74) is 5.97. The van der Waals surface area contributed by atoms with Gasteiger partial charge in [-0.15, -0.1) is 0 Å². The third kappa shape index (κ3) is 1.96. The Balaban J connectivity index is 1.79. The lowest BCUT2D eigenvalue weighted by Crippen LogP contribution is -2.26. The predicted octanol–water partition coefficient (Wildman–Crippen LogP) is 2.53. The van der Waals surface area contributed by atoms with Crippen molar-refractivity contribution in [1.29, 1.82) is 0 Å². The molecule has 3 unspecified atom stereocenters. The number of halogens is 1. The SMILES string of the molecule is NC(=O)c1ccc(F)c(NC2CC3CCC2C3)c1. The van der Waals surface area contributed by atoms with Crippen molar-refractivity contribution < 1.29 is 9.18 Å². The average molecular weight is 248 g/mol. The molecule has 1 aromatic carbocycles. The van der Waals surface area contributed by atoms with Crippen LogP contribution in [-0.2, 0) is 0 Å². The number of nitrogens with one attached hydrogen (secondary N) is 1. The molecular weight excluding hydrogens is 231 g/mol. The Morgan fingerprint density at radius 2 is 2.17 bits per heavy atom. The summed E-state index contributed by atoms with van der Waals surface area (Å²) in [7, 11) is 0. The van der Waals surface area contributed by atoms with Gasteiger partial charge in [0.2, 0.25) is 5.91 Å². The molecule has 0 spiro atoms. The molecule has 96 valence electrons. The van der Waals surface area contributed by atoms with Crippen LogP contribution in [0.5, 0.6) is 0 Å². The molecule has 0 saturated heterocycles. The van der Waals surface area contributed by atoms with Crippen molar-refractivity contribution in [3.05, 3.63) is 29.6 Å². The second-order valence-corrected chi connectivity index (χ2v) is 5.48. The molecule has 2 saturated carbocycles. The van der Waals surface area contributed by atoms with Gasteiger partial charge in [-0.05, 0) is 49.3 Å². The Bertz CT molecular complexity index is 489. The van der Waals surface area contributed by atoms with Crippen molar-refractivity contribution in [1.82, 2.24) is 0 Å². The van der Waals surface area contributed by atoms with Crippen LogP contribution in [0.1, 0.15) is 36.0 Å². The first kappa shape index (κ1) is 11.5. The Labute approximate surface area is 106 Å².